The maximum atomic E-state index is 13.3. The Kier molecular flexibility index (Phi) is 5.61. The maximum Gasteiger partial charge on any atom is 0.258 e. The number of aromatic amines is 1. The van der Waals surface area contributed by atoms with Crippen molar-refractivity contribution in [2.45, 2.75) is 39.9 Å². The largest absolute Gasteiger partial charge is 0.467 e. The molecule has 0 saturated carbocycles. The van der Waals surface area contributed by atoms with Gasteiger partial charge in [-0.25, -0.2) is 4.98 Å². The van der Waals surface area contributed by atoms with Crippen molar-refractivity contribution in [2.24, 2.45) is 0 Å². The van der Waals surface area contributed by atoms with Gasteiger partial charge in [0.1, 0.15) is 11.6 Å². The highest BCUT2D eigenvalue weighted by Crippen LogP contribution is 2.20. The second-order valence-corrected chi connectivity index (χ2v) is 7.94. The van der Waals surface area contributed by atoms with E-state index in [4.69, 9.17) is 4.42 Å². The fourth-order valence-electron chi connectivity index (χ4n) is 3.86. The molecule has 0 aliphatic carbocycles. The number of nitrogens with one attached hydrogen (secondary N) is 1. The minimum Gasteiger partial charge on any atom is -0.467 e. The van der Waals surface area contributed by atoms with Gasteiger partial charge in [0, 0.05) is 17.0 Å². The lowest BCUT2D eigenvalue weighted by molar-refractivity contribution is 0.0859. The van der Waals surface area contributed by atoms with E-state index in [0.717, 1.165) is 17.1 Å². The maximum absolute atomic E-state index is 13.3. The van der Waals surface area contributed by atoms with Crippen LogP contribution < -0.4 is 5.56 Å². The first-order valence-electron chi connectivity index (χ1n) is 10.3. The molecule has 0 fully saturated rings. The van der Waals surface area contributed by atoms with Gasteiger partial charge in [-0.1, -0.05) is 12.1 Å². The van der Waals surface area contributed by atoms with E-state index < -0.39 is 0 Å². The lowest BCUT2D eigenvalue weighted by atomic mass is 10.0. The van der Waals surface area contributed by atoms with E-state index in [9.17, 15) is 9.59 Å². The van der Waals surface area contributed by atoms with Gasteiger partial charge in [-0.15, -0.1) is 0 Å². The molecule has 7 nitrogen and oxygen atoms in total. The SMILES string of the molecule is Cc1cc(C(=O)[C@@H](C)N(C)Cc2nc3ccccc3c(=O)[nH]2)c(C)n1Cc1ccco1. The summed E-state index contributed by atoms with van der Waals surface area (Å²) in [6.07, 6.45) is 1.65. The van der Waals surface area contributed by atoms with Crippen LogP contribution >= 0.6 is 0 Å². The number of Topliss-reactive ketones (excluding diaryl/α,β-unsaturated/α-hetero) is 1. The average molecular weight is 418 g/mol. The van der Waals surface area contributed by atoms with Crippen LogP contribution in [0.3, 0.4) is 0 Å². The van der Waals surface area contributed by atoms with Gasteiger partial charge >= 0.3 is 0 Å². The molecule has 0 spiro atoms. The molecule has 0 bridgehead atoms. The summed E-state index contributed by atoms with van der Waals surface area (Å²) in [6.45, 7) is 6.77. The van der Waals surface area contributed by atoms with Gasteiger partial charge in [-0.05, 0) is 58.2 Å². The Morgan fingerprint density at radius 1 is 1.23 bits per heavy atom. The number of aryl methyl sites for hydroxylation is 1. The highest BCUT2D eigenvalue weighted by atomic mass is 16.3. The zero-order valence-corrected chi connectivity index (χ0v) is 18.2. The summed E-state index contributed by atoms with van der Waals surface area (Å²) in [5.74, 6) is 1.41. The van der Waals surface area contributed by atoms with Crippen LogP contribution in [0.1, 0.15) is 40.3 Å². The van der Waals surface area contributed by atoms with Crippen molar-refractivity contribution >= 4 is 16.7 Å². The minimum atomic E-state index is -0.380. The Morgan fingerprint density at radius 3 is 2.74 bits per heavy atom. The van der Waals surface area contributed by atoms with Crippen molar-refractivity contribution in [3.05, 3.63) is 87.6 Å². The summed E-state index contributed by atoms with van der Waals surface area (Å²) in [5, 5.41) is 0.557. The number of hydrogen-bond acceptors (Lipinski definition) is 5. The zero-order chi connectivity index (χ0) is 22.1. The van der Waals surface area contributed by atoms with Crippen LogP contribution in [0, 0.1) is 13.8 Å². The molecule has 160 valence electrons. The van der Waals surface area contributed by atoms with E-state index >= 15 is 0 Å². The predicted molar refractivity (Wildman–Crippen MR) is 119 cm³/mol. The molecular formula is C24H26N4O3. The molecule has 0 aliphatic heterocycles. The number of carbonyl (C=O) groups excluding carboxylic acids is 1. The van der Waals surface area contributed by atoms with Crippen molar-refractivity contribution in [2.75, 3.05) is 7.05 Å². The van der Waals surface area contributed by atoms with Crippen LogP contribution in [0.25, 0.3) is 10.9 Å². The Bertz CT molecular complexity index is 1280. The summed E-state index contributed by atoms with van der Waals surface area (Å²) in [4.78, 5) is 34.9. The molecule has 4 rings (SSSR count). The lowest BCUT2D eigenvalue weighted by Gasteiger charge is -2.23. The molecule has 3 heterocycles. The smallest absolute Gasteiger partial charge is 0.258 e. The molecule has 31 heavy (non-hydrogen) atoms. The first kappa shape index (κ1) is 20.8. The van der Waals surface area contributed by atoms with Gasteiger partial charge in [0.15, 0.2) is 5.78 Å². The number of ketones is 1. The molecule has 0 unspecified atom stereocenters. The summed E-state index contributed by atoms with van der Waals surface area (Å²) in [5.41, 5.74) is 3.09. The Balaban J connectivity index is 1.53. The van der Waals surface area contributed by atoms with E-state index in [1.165, 1.54) is 0 Å². The van der Waals surface area contributed by atoms with Crippen LogP contribution in [0.5, 0.6) is 0 Å². The number of aromatic nitrogens is 3. The normalized spacial score (nSPS) is 12.5. The fraction of sp³-hybridized carbons (Fsp3) is 0.292. The van der Waals surface area contributed by atoms with Gasteiger partial charge in [0.05, 0.1) is 36.3 Å². The summed E-state index contributed by atoms with van der Waals surface area (Å²) >= 11 is 0. The number of carbonyl (C=O) groups is 1. The number of likely N-dealkylation sites (N-methyl/N-ethyl adjacent to an activating group) is 1. The third-order valence-electron chi connectivity index (χ3n) is 5.83. The number of furan rings is 1. The molecule has 1 atom stereocenters. The van der Waals surface area contributed by atoms with Crippen molar-refractivity contribution in [1.29, 1.82) is 0 Å². The Morgan fingerprint density at radius 2 is 2.00 bits per heavy atom. The summed E-state index contributed by atoms with van der Waals surface area (Å²) in [6, 6.07) is 12.6. The molecule has 0 amide bonds. The molecule has 0 radical (unpaired) electrons. The van der Waals surface area contributed by atoms with E-state index in [-0.39, 0.29) is 17.4 Å². The molecule has 1 aromatic carbocycles. The second kappa shape index (κ2) is 8.35. The van der Waals surface area contributed by atoms with E-state index in [1.807, 2.05) is 69.1 Å². The monoisotopic (exact) mass is 418 g/mol. The predicted octanol–water partition coefficient (Wildman–Crippen LogP) is 3.69. The second-order valence-electron chi connectivity index (χ2n) is 7.94. The molecule has 3 aromatic heterocycles. The summed E-state index contributed by atoms with van der Waals surface area (Å²) in [7, 11) is 1.86. The first-order valence-corrected chi connectivity index (χ1v) is 10.3. The summed E-state index contributed by atoms with van der Waals surface area (Å²) < 4.78 is 7.54. The molecular weight excluding hydrogens is 392 g/mol. The number of nitrogens with zero attached hydrogens (tertiary/aromatic N) is 3. The van der Waals surface area contributed by atoms with E-state index in [0.29, 0.717) is 35.4 Å². The zero-order valence-electron chi connectivity index (χ0n) is 18.2. The van der Waals surface area contributed by atoms with Gasteiger partial charge in [0.25, 0.3) is 5.56 Å². The van der Waals surface area contributed by atoms with Crippen molar-refractivity contribution in [3.8, 4) is 0 Å². The third-order valence-corrected chi connectivity index (χ3v) is 5.83. The van der Waals surface area contributed by atoms with Crippen LogP contribution in [0.4, 0.5) is 0 Å². The van der Waals surface area contributed by atoms with Crippen LogP contribution in [-0.4, -0.2) is 38.3 Å². The highest BCUT2D eigenvalue weighted by Gasteiger charge is 2.24. The Hall–Kier alpha value is -3.45. The van der Waals surface area contributed by atoms with E-state index in [1.54, 1.807) is 12.3 Å². The van der Waals surface area contributed by atoms with Crippen molar-refractivity contribution < 1.29 is 9.21 Å². The average Bonchev–Trinajstić information content (AvgIpc) is 3.36. The van der Waals surface area contributed by atoms with Crippen molar-refractivity contribution in [3.63, 3.8) is 0 Å². The lowest BCUT2D eigenvalue weighted by Crippen LogP contribution is -2.36. The van der Waals surface area contributed by atoms with Gasteiger partial charge in [-0.3, -0.25) is 14.5 Å². The van der Waals surface area contributed by atoms with E-state index in [2.05, 4.69) is 14.5 Å². The van der Waals surface area contributed by atoms with Gasteiger partial charge < -0.3 is 14.0 Å². The molecule has 0 saturated heterocycles. The third kappa shape index (κ3) is 4.09. The molecule has 0 aliphatic rings. The number of fused-ring (bicyclic) bond motifs is 1. The minimum absolute atomic E-state index is 0.0319. The van der Waals surface area contributed by atoms with Crippen LogP contribution in [0.2, 0.25) is 0 Å². The van der Waals surface area contributed by atoms with Crippen LogP contribution in [-0.2, 0) is 13.1 Å². The van der Waals surface area contributed by atoms with Gasteiger partial charge in [-0.2, -0.15) is 0 Å². The topological polar surface area (TPSA) is 84.1 Å². The fourth-order valence-corrected chi connectivity index (χ4v) is 3.86. The number of hydrogen-bond donors (Lipinski definition) is 1. The number of H-pyrrole nitrogens is 1. The Labute approximate surface area is 180 Å². The van der Waals surface area contributed by atoms with Crippen molar-refractivity contribution in [1.82, 2.24) is 19.4 Å². The number of rotatable bonds is 7. The standard InChI is InChI=1S/C24H26N4O3/c1-15-12-20(16(2)28(15)13-18-8-7-11-31-18)23(29)17(3)27(4)14-22-25-21-10-6-5-9-19(21)24(30)26-22/h5-12,17H,13-14H2,1-4H3,(H,25,26,30)/t17-/m1/s1. The molecule has 4 aromatic rings. The first-order chi connectivity index (χ1) is 14.8. The number of para-hydroxylation sites is 1. The highest BCUT2D eigenvalue weighted by molar-refractivity contribution is 6.01. The van der Waals surface area contributed by atoms with Crippen LogP contribution in [0.15, 0.2) is 57.9 Å². The van der Waals surface area contributed by atoms with Gasteiger partial charge in [0.2, 0.25) is 0 Å². The number of benzene rings is 1. The molecule has 7 heteroatoms. The molecule has 1 N–H and O–H groups in total. The quantitative estimate of drug-likeness (QED) is 0.463.